The van der Waals surface area contributed by atoms with E-state index in [0.29, 0.717) is 0 Å². The van der Waals surface area contributed by atoms with Crippen molar-refractivity contribution in [1.29, 1.82) is 0 Å². The van der Waals surface area contributed by atoms with E-state index in [1.165, 1.54) is 0 Å². The van der Waals surface area contributed by atoms with Crippen molar-refractivity contribution >= 4 is 20.2 Å². The highest BCUT2D eigenvalue weighted by molar-refractivity contribution is 6.74. The van der Waals surface area contributed by atoms with Gasteiger partial charge in [-0.2, -0.15) is 0 Å². The van der Waals surface area contributed by atoms with Gasteiger partial charge in [-0.25, -0.2) is 4.79 Å². The van der Waals surface area contributed by atoms with Crippen LogP contribution in [0.25, 0.3) is 0 Å². The average Bonchev–Trinajstić information content (AvgIpc) is 2.37. The molecule has 2 rings (SSSR count). The number of carbonyl (C=O) groups excluding carboxylic acids is 1. The Bertz CT molecular complexity index is 471. The maximum absolute atomic E-state index is 12.3. The van der Waals surface area contributed by atoms with Gasteiger partial charge in [-0.3, -0.25) is 4.79 Å². The highest BCUT2D eigenvalue weighted by Crippen LogP contribution is 2.44. The van der Waals surface area contributed by atoms with Crippen LogP contribution in [0.4, 0.5) is 0 Å². The van der Waals surface area contributed by atoms with Crippen LogP contribution in [0.3, 0.4) is 0 Å². The highest BCUT2D eigenvalue weighted by Gasteiger charge is 2.57. The van der Waals surface area contributed by atoms with Crippen LogP contribution in [0, 0.1) is 5.92 Å². The van der Waals surface area contributed by atoms with E-state index in [0.717, 1.165) is 19.3 Å². The number of carboxylic acid groups (broad SMARTS) is 1. The summed E-state index contributed by atoms with van der Waals surface area (Å²) in [6.45, 7) is 12.7. The number of carboxylic acids is 1. The molecule has 2 fully saturated rings. The van der Waals surface area contributed by atoms with Crippen LogP contribution in [0.15, 0.2) is 0 Å². The molecule has 0 bridgehead atoms. The van der Waals surface area contributed by atoms with Crippen molar-refractivity contribution in [3.8, 4) is 0 Å². The predicted octanol–water partition coefficient (Wildman–Crippen LogP) is 2.86. The van der Waals surface area contributed by atoms with Crippen molar-refractivity contribution < 1.29 is 19.1 Å². The van der Waals surface area contributed by atoms with Gasteiger partial charge in [-0.15, -0.1) is 0 Å². The van der Waals surface area contributed by atoms with Crippen molar-refractivity contribution in [3.05, 3.63) is 0 Å². The number of rotatable bonds is 4. The number of hydrogen-bond donors (Lipinski definition) is 1. The first-order valence-corrected chi connectivity index (χ1v) is 11.1. The minimum Gasteiger partial charge on any atom is -0.480 e. The zero-order valence-electron chi connectivity index (χ0n) is 14.5. The molecule has 2 heterocycles. The predicted molar refractivity (Wildman–Crippen MR) is 87.1 cm³/mol. The summed E-state index contributed by atoms with van der Waals surface area (Å²) in [6, 6.07) is -0.721. The average molecular weight is 327 g/mol. The second-order valence-electron chi connectivity index (χ2n) is 8.10. The minimum absolute atomic E-state index is 0.00988. The molecule has 0 aromatic carbocycles. The molecule has 6 heteroatoms. The summed E-state index contributed by atoms with van der Waals surface area (Å²) in [5, 5.41) is 9.67. The Labute approximate surface area is 134 Å². The van der Waals surface area contributed by atoms with Crippen LogP contribution < -0.4 is 0 Å². The molecule has 1 N–H and O–H groups in total. The summed E-state index contributed by atoms with van der Waals surface area (Å²) in [7, 11) is -2.06. The van der Waals surface area contributed by atoms with Gasteiger partial charge < -0.3 is 14.4 Å². The molecule has 126 valence electrons. The number of carbonyl (C=O) groups is 2. The van der Waals surface area contributed by atoms with E-state index in [4.69, 9.17) is 4.43 Å². The van der Waals surface area contributed by atoms with Crippen LogP contribution in [0.1, 0.15) is 47.0 Å². The third-order valence-corrected chi connectivity index (χ3v) is 10.2. The summed E-state index contributed by atoms with van der Waals surface area (Å²) in [4.78, 5) is 25.6. The quantitative estimate of drug-likeness (QED) is 0.637. The lowest BCUT2D eigenvalue weighted by atomic mass is 9.76. The third kappa shape index (κ3) is 2.71. The highest BCUT2D eigenvalue weighted by atomic mass is 28.4. The van der Waals surface area contributed by atoms with E-state index in [9.17, 15) is 14.7 Å². The molecular formula is C16H29NO4Si. The van der Waals surface area contributed by atoms with E-state index in [1.54, 1.807) is 4.90 Å². The third-order valence-electron chi connectivity index (χ3n) is 5.74. The molecule has 1 amide bonds. The fourth-order valence-electron chi connectivity index (χ4n) is 3.39. The van der Waals surface area contributed by atoms with E-state index >= 15 is 0 Å². The second kappa shape index (κ2) is 5.64. The molecule has 2 saturated heterocycles. The molecule has 22 heavy (non-hydrogen) atoms. The van der Waals surface area contributed by atoms with E-state index in [2.05, 4.69) is 33.9 Å². The van der Waals surface area contributed by atoms with Crippen LogP contribution >= 0.6 is 0 Å². The number of hydrogen-bond acceptors (Lipinski definition) is 3. The van der Waals surface area contributed by atoms with Crippen LogP contribution in [-0.2, 0) is 14.0 Å². The van der Waals surface area contributed by atoms with Crippen LogP contribution in [0.2, 0.25) is 18.1 Å². The summed E-state index contributed by atoms with van der Waals surface area (Å²) in [5.41, 5.74) is 0. The Kier molecular flexibility index (Phi) is 4.48. The number of nitrogens with zero attached hydrogens (tertiary/aromatic N) is 1. The van der Waals surface area contributed by atoms with Crippen LogP contribution in [-0.4, -0.2) is 48.4 Å². The van der Waals surface area contributed by atoms with E-state index < -0.39 is 20.3 Å². The molecule has 2 aliphatic rings. The lowest BCUT2D eigenvalue weighted by molar-refractivity contribution is -0.183. The van der Waals surface area contributed by atoms with Gasteiger partial charge >= 0.3 is 5.97 Å². The first-order valence-electron chi connectivity index (χ1n) is 8.24. The maximum Gasteiger partial charge on any atom is 0.329 e. The number of amides is 1. The molecule has 0 saturated carbocycles. The SMILES string of the molecule is CC[C@H]1C(=O)N2[C@@H]1CC[C@@H](O[Si](C)(C)C(C)(C)C)[C@H]2C(=O)O. The summed E-state index contributed by atoms with van der Waals surface area (Å²) >= 11 is 0. The smallest absolute Gasteiger partial charge is 0.329 e. The lowest BCUT2D eigenvalue weighted by Gasteiger charge is -2.56. The molecule has 2 aliphatic heterocycles. The number of fused-ring (bicyclic) bond motifs is 1. The van der Waals surface area contributed by atoms with Gasteiger partial charge in [-0.05, 0) is 37.4 Å². The largest absolute Gasteiger partial charge is 0.480 e. The normalized spacial score (nSPS) is 32.5. The molecular weight excluding hydrogens is 298 g/mol. The number of aliphatic carboxylic acids is 1. The van der Waals surface area contributed by atoms with E-state index in [1.807, 2.05) is 6.92 Å². The summed E-state index contributed by atoms with van der Waals surface area (Å²) in [6.07, 6.45) is 2.00. The topological polar surface area (TPSA) is 66.8 Å². The van der Waals surface area contributed by atoms with Crippen LogP contribution in [0.5, 0.6) is 0 Å². The van der Waals surface area contributed by atoms with Crippen molar-refractivity contribution in [3.63, 3.8) is 0 Å². The fraction of sp³-hybridized carbons (Fsp3) is 0.875. The van der Waals surface area contributed by atoms with Crippen molar-refractivity contribution in [2.75, 3.05) is 0 Å². The Hall–Kier alpha value is -0.883. The molecule has 0 unspecified atom stereocenters. The minimum atomic E-state index is -2.06. The van der Waals surface area contributed by atoms with E-state index in [-0.39, 0.29) is 29.0 Å². The number of β-lactam (4-membered cyclic amide) rings is 1. The molecule has 0 spiro atoms. The van der Waals surface area contributed by atoms with Gasteiger partial charge in [0.2, 0.25) is 5.91 Å². The van der Waals surface area contributed by atoms with Gasteiger partial charge in [0.15, 0.2) is 14.4 Å². The Morgan fingerprint density at radius 1 is 1.36 bits per heavy atom. The standard InChI is InChI=1S/C16H29NO4Si/c1-7-10-11-8-9-12(21-22(5,6)16(2,3)4)13(15(19)20)17(11)14(10)18/h10-13H,7-9H2,1-6H3,(H,19,20)/t10-,11-,12-,13+/m1/s1. The zero-order valence-corrected chi connectivity index (χ0v) is 15.5. The Balaban J connectivity index is 2.20. The molecule has 0 aromatic rings. The Morgan fingerprint density at radius 2 is 1.95 bits per heavy atom. The molecule has 0 radical (unpaired) electrons. The van der Waals surface area contributed by atoms with Gasteiger partial charge in [0.25, 0.3) is 0 Å². The summed E-state index contributed by atoms with van der Waals surface area (Å²) < 4.78 is 6.35. The number of piperidine rings is 1. The molecule has 0 aromatic heterocycles. The van der Waals surface area contributed by atoms with Gasteiger partial charge in [0, 0.05) is 6.04 Å². The van der Waals surface area contributed by atoms with Gasteiger partial charge in [0.05, 0.1) is 12.0 Å². The van der Waals surface area contributed by atoms with Gasteiger partial charge in [-0.1, -0.05) is 27.7 Å². The molecule has 0 aliphatic carbocycles. The lowest BCUT2D eigenvalue weighted by Crippen LogP contribution is -2.72. The monoisotopic (exact) mass is 327 g/mol. The first-order chi connectivity index (χ1) is 10.0. The van der Waals surface area contributed by atoms with Crippen molar-refractivity contribution in [1.82, 2.24) is 4.90 Å². The molecule has 5 nitrogen and oxygen atoms in total. The maximum atomic E-state index is 12.3. The first kappa shape index (κ1) is 17.5. The fourth-order valence-corrected chi connectivity index (χ4v) is 4.75. The van der Waals surface area contributed by atoms with Gasteiger partial charge in [0.1, 0.15) is 0 Å². The zero-order chi connectivity index (χ0) is 16.9. The second-order valence-corrected chi connectivity index (χ2v) is 12.9. The molecule has 4 atom stereocenters. The van der Waals surface area contributed by atoms with Crippen molar-refractivity contribution in [2.24, 2.45) is 5.92 Å². The Morgan fingerprint density at radius 3 is 2.41 bits per heavy atom. The summed E-state index contributed by atoms with van der Waals surface area (Å²) in [5.74, 6) is -0.935. The van der Waals surface area contributed by atoms with Crippen molar-refractivity contribution in [2.45, 2.75) is 83.3 Å².